The van der Waals surface area contributed by atoms with Crippen LogP contribution in [0.25, 0.3) is 0 Å². The van der Waals surface area contributed by atoms with Crippen LogP contribution in [0.3, 0.4) is 0 Å². The number of carbonyl (C=O) groups is 2. The lowest BCUT2D eigenvalue weighted by Gasteiger charge is -2.45. The highest BCUT2D eigenvalue weighted by molar-refractivity contribution is 5.98. The van der Waals surface area contributed by atoms with Crippen LogP contribution in [0.4, 0.5) is 0 Å². The fourth-order valence-electron chi connectivity index (χ4n) is 3.71. The van der Waals surface area contributed by atoms with Crippen molar-refractivity contribution in [3.63, 3.8) is 0 Å². The molecule has 1 N–H and O–H groups in total. The molecule has 2 amide bonds. The zero-order valence-corrected chi connectivity index (χ0v) is 9.50. The van der Waals surface area contributed by atoms with Crippen molar-refractivity contribution in [2.24, 2.45) is 5.41 Å². The zero-order valence-electron chi connectivity index (χ0n) is 9.50. The van der Waals surface area contributed by atoms with Crippen LogP contribution in [0.5, 0.6) is 0 Å². The van der Waals surface area contributed by atoms with E-state index in [1.807, 2.05) is 0 Å². The van der Waals surface area contributed by atoms with Crippen LogP contribution in [0.1, 0.15) is 38.5 Å². The molecule has 0 aromatic rings. The number of carbonyl (C=O) groups excluding carboxylic acids is 2. The normalized spacial score (nSPS) is 33.9. The molecule has 0 aliphatic carbocycles. The Kier molecular flexibility index (Phi) is 2.28. The predicted molar refractivity (Wildman–Crippen MR) is 58.6 cm³/mol. The molecule has 3 fully saturated rings. The maximum Gasteiger partial charge on any atom is 0.227 e. The average Bonchev–Trinajstić information content (AvgIpc) is 2.62. The summed E-state index contributed by atoms with van der Waals surface area (Å²) in [5.41, 5.74) is -0.00900. The van der Waals surface area contributed by atoms with Crippen LogP contribution >= 0.6 is 0 Å². The molecule has 0 aromatic heterocycles. The van der Waals surface area contributed by atoms with E-state index in [-0.39, 0.29) is 17.2 Å². The van der Waals surface area contributed by atoms with Crippen molar-refractivity contribution in [3.05, 3.63) is 0 Å². The molecule has 3 rings (SSSR count). The van der Waals surface area contributed by atoms with Gasteiger partial charge in [0.1, 0.15) is 0 Å². The molecule has 0 bridgehead atoms. The second kappa shape index (κ2) is 3.55. The van der Waals surface area contributed by atoms with Crippen molar-refractivity contribution in [1.29, 1.82) is 0 Å². The highest BCUT2D eigenvalue weighted by Gasteiger charge is 2.46. The second-order valence-corrected chi connectivity index (χ2v) is 5.61. The Balaban J connectivity index is 1.78. The van der Waals surface area contributed by atoms with E-state index in [1.54, 1.807) is 0 Å². The van der Waals surface area contributed by atoms with E-state index in [4.69, 9.17) is 0 Å². The first-order valence-electron chi connectivity index (χ1n) is 6.24. The van der Waals surface area contributed by atoms with E-state index >= 15 is 0 Å². The number of rotatable bonds is 0. The molecule has 0 radical (unpaired) electrons. The first kappa shape index (κ1) is 10.3. The number of imide groups is 1. The van der Waals surface area contributed by atoms with Crippen molar-refractivity contribution >= 4 is 11.8 Å². The Labute approximate surface area is 95.4 Å². The SMILES string of the molecule is O=C1CC2(CCN3CCCC3C2)CC(=O)N1. The number of hydrogen-bond acceptors (Lipinski definition) is 3. The summed E-state index contributed by atoms with van der Waals surface area (Å²) in [6, 6.07) is 0.632. The van der Waals surface area contributed by atoms with Gasteiger partial charge in [-0.1, -0.05) is 0 Å². The molecule has 16 heavy (non-hydrogen) atoms. The van der Waals surface area contributed by atoms with Crippen LogP contribution in [0.15, 0.2) is 0 Å². The summed E-state index contributed by atoms with van der Waals surface area (Å²) in [4.78, 5) is 25.5. The maximum absolute atomic E-state index is 11.5. The number of amides is 2. The molecule has 1 unspecified atom stereocenters. The van der Waals surface area contributed by atoms with Gasteiger partial charge in [0.05, 0.1) is 0 Å². The first-order chi connectivity index (χ1) is 7.67. The van der Waals surface area contributed by atoms with Crippen LogP contribution in [0.2, 0.25) is 0 Å². The molecule has 4 heteroatoms. The minimum atomic E-state index is -0.0669. The summed E-state index contributed by atoms with van der Waals surface area (Å²) in [6.07, 6.45) is 5.71. The minimum absolute atomic E-state index is 0.00900. The fourth-order valence-corrected chi connectivity index (χ4v) is 3.71. The fraction of sp³-hybridized carbons (Fsp3) is 0.833. The molecule has 88 valence electrons. The molecular formula is C12H18N2O2. The van der Waals surface area contributed by atoms with Crippen LogP contribution < -0.4 is 5.32 Å². The van der Waals surface area contributed by atoms with E-state index in [2.05, 4.69) is 10.2 Å². The van der Waals surface area contributed by atoms with Crippen molar-refractivity contribution in [3.8, 4) is 0 Å². The molecule has 4 nitrogen and oxygen atoms in total. The Morgan fingerprint density at radius 2 is 1.94 bits per heavy atom. The van der Waals surface area contributed by atoms with Gasteiger partial charge in [-0.2, -0.15) is 0 Å². The molecule has 1 atom stereocenters. The van der Waals surface area contributed by atoms with Crippen molar-refractivity contribution < 1.29 is 9.59 Å². The summed E-state index contributed by atoms with van der Waals surface area (Å²) < 4.78 is 0. The Morgan fingerprint density at radius 3 is 2.69 bits per heavy atom. The molecule has 3 aliphatic heterocycles. The molecular weight excluding hydrogens is 204 g/mol. The lowest BCUT2D eigenvalue weighted by molar-refractivity contribution is -0.140. The Bertz CT molecular complexity index is 324. The summed E-state index contributed by atoms with van der Waals surface area (Å²) in [5.74, 6) is -0.134. The van der Waals surface area contributed by atoms with E-state index in [9.17, 15) is 9.59 Å². The van der Waals surface area contributed by atoms with Crippen molar-refractivity contribution in [2.75, 3.05) is 13.1 Å². The van der Waals surface area contributed by atoms with Crippen LogP contribution in [0, 0.1) is 5.41 Å². The number of fused-ring (bicyclic) bond motifs is 1. The van der Waals surface area contributed by atoms with Gasteiger partial charge in [-0.05, 0) is 44.2 Å². The topological polar surface area (TPSA) is 49.4 Å². The van der Waals surface area contributed by atoms with Gasteiger partial charge in [0, 0.05) is 18.9 Å². The highest BCUT2D eigenvalue weighted by atomic mass is 16.2. The standard InChI is InChI=1S/C12H18N2O2/c15-10-7-12(8-11(16)13-10)3-5-14-4-1-2-9(14)6-12/h9H,1-8H2,(H,13,15,16). The smallest absolute Gasteiger partial charge is 0.227 e. The largest absolute Gasteiger partial charge is 0.300 e. The molecule has 3 saturated heterocycles. The maximum atomic E-state index is 11.5. The van der Waals surface area contributed by atoms with E-state index in [0.29, 0.717) is 18.9 Å². The molecule has 1 spiro atoms. The number of nitrogens with zero attached hydrogens (tertiary/aromatic N) is 1. The second-order valence-electron chi connectivity index (χ2n) is 5.61. The minimum Gasteiger partial charge on any atom is -0.300 e. The third kappa shape index (κ3) is 1.65. The Hall–Kier alpha value is -0.900. The van der Waals surface area contributed by atoms with Gasteiger partial charge in [0.2, 0.25) is 11.8 Å². The van der Waals surface area contributed by atoms with Gasteiger partial charge in [0.15, 0.2) is 0 Å². The predicted octanol–water partition coefficient (Wildman–Crippen LogP) is 0.668. The zero-order chi connectivity index (χ0) is 11.2. The third-order valence-electron chi connectivity index (χ3n) is 4.45. The van der Waals surface area contributed by atoms with Gasteiger partial charge in [-0.25, -0.2) is 0 Å². The number of nitrogens with one attached hydrogen (secondary N) is 1. The molecule has 3 heterocycles. The average molecular weight is 222 g/mol. The molecule has 0 aromatic carbocycles. The van der Waals surface area contributed by atoms with Gasteiger partial charge in [0.25, 0.3) is 0 Å². The highest BCUT2D eigenvalue weighted by Crippen LogP contribution is 2.45. The summed E-state index contributed by atoms with van der Waals surface area (Å²) in [5, 5.41) is 2.42. The van der Waals surface area contributed by atoms with Crippen LogP contribution in [-0.4, -0.2) is 35.8 Å². The van der Waals surface area contributed by atoms with E-state index in [1.165, 1.54) is 19.4 Å². The number of piperidine rings is 2. The van der Waals surface area contributed by atoms with Gasteiger partial charge >= 0.3 is 0 Å². The first-order valence-corrected chi connectivity index (χ1v) is 6.24. The van der Waals surface area contributed by atoms with Crippen molar-refractivity contribution in [2.45, 2.75) is 44.6 Å². The number of hydrogen-bond donors (Lipinski definition) is 1. The molecule has 0 saturated carbocycles. The van der Waals surface area contributed by atoms with Crippen LogP contribution in [-0.2, 0) is 9.59 Å². The van der Waals surface area contributed by atoms with Crippen molar-refractivity contribution in [1.82, 2.24) is 10.2 Å². The summed E-state index contributed by atoms with van der Waals surface area (Å²) in [7, 11) is 0. The quantitative estimate of drug-likeness (QED) is 0.613. The summed E-state index contributed by atoms with van der Waals surface area (Å²) >= 11 is 0. The summed E-state index contributed by atoms with van der Waals surface area (Å²) in [6.45, 7) is 2.28. The van der Waals surface area contributed by atoms with E-state index < -0.39 is 0 Å². The lowest BCUT2D eigenvalue weighted by Crippen LogP contribution is -2.51. The monoisotopic (exact) mass is 222 g/mol. The molecule has 3 aliphatic rings. The third-order valence-corrected chi connectivity index (χ3v) is 4.45. The van der Waals surface area contributed by atoms with Gasteiger partial charge < -0.3 is 4.90 Å². The Morgan fingerprint density at radius 1 is 1.19 bits per heavy atom. The van der Waals surface area contributed by atoms with Gasteiger partial charge in [-0.15, -0.1) is 0 Å². The lowest BCUT2D eigenvalue weighted by atomic mass is 9.69. The van der Waals surface area contributed by atoms with E-state index in [0.717, 1.165) is 19.4 Å². The van der Waals surface area contributed by atoms with Gasteiger partial charge in [-0.3, -0.25) is 14.9 Å².